The van der Waals surface area contributed by atoms with Crippen LogP contribution in [0.1, 0.15) is 46.0 Å². The first-order chi connectivity index (χ1) is 9.31. The normalized spacial score (nSPS) is 24.9. The number of aliphatic imine (C=N–C) groups is 1. The Morgan fingerprint density at radius 3 is 2.25 bits per heavy atom. The molecular formula is C14H26F3N3. The van der Waals surface area contributed by atoms with Gasteiger partial charge in [-0.1, -0.05) is 13.8 Å². The molecule has 0 unspecified atom stereocenters. The fourth-order valence-corrected chi connectivity index (χ4v) is 2.64. The Bertz CT molecular complexity index is 305. The number of halogens is 3. The molecular weight excluding hydrogens is 267 g/mol. The maximum Gasteiger partial charge on any atom is 0.390 e. The molecule has 1 aliphatic rings. The summed E-state index contributed by atoms with van der Waals surface area (Å²) in [4.78, 5) is 3.98. The molecule has 1 saturated carbocycles. The van der Waals surface area contributed by atoms with Gasteiger partial charge >= 0.3 is 6.18 Å². The summed E-state index contributed by atoms with van der Waals surface area (Å²) >= 11 is 0. The van der Waals surface area contributed by atoms with E-state index in [1.165, 1.54) is 12.8 Å². The fraction of sp³-hybridized carbons (Fsp3) is 0.929. The van der Waals surface area contributed by atoms with Crippen LogP contribution in [0.4, 0.5) is 13.2 Å². The number of alkyl halides is 3. The number of nitrogens with one attached hydrogen (secondary N) is 2. The van der Waals surface area contributed by atoms with Crippen molar-refractivity contribution < 1.29 is 13.2 Å². The molecule has 1 fully saturated rings. The Morgan fingerprint density at radius 2 is 1.80 bits per heavy atom. The molecule has 0 aromatic rings. The van der Waals surface area contributed by atoms with Crippen molar-refractivity contribution >= 4 is 5.96 Å². The van der Waals surface area contributed by atoms with E-state index in [2.05, 4.69) is 29.5 Å². The van der Waals surface area contributed by atoms with Gasteiger partial charge in [-0.2, -0.15) is 13.2 Å². The van der Waals surface area contributed by atoms with E-state index in [1.54, 1.807) is 7.05 Å². The quantitative estimate of drug-likeness (QED) is 0.616. The maximum absolute atomic E-state index is 12.1. The zero-order valence-electron chi connectivity index (χ0n) is 12.6. The molecule has 1 rings (SSSR count). The van der Waals surface area contributed by atoms with Gasteiger partial charge in [0.2, 0.25) is 0 Å². The van der Waals surface area contributed by atoms with Gasteiger partial charge in [0.1, 0.15) is 0 Å². The molecule has 3 nitrogen and oxygen atoms in total. The maximum atomic E-state index is 12.1. The smallest absolute Gasteiger partial charge is 0.356 e. The van der Waals surface area contributed by atoms with E-state index in [-0.39, 0.29) is 6.54 Å². The SMILES string of the molecule is CN=C(NCCC(F)(F)F)NC1CCC(C(C)C)CC1. The molecule has 20 heavy (non-hydrogen) atoms. The Labute approximate surface area is 119 Å². The number of hydrogen-bond acceptors (Lipinski definition) is 1. The lowest BCUT2D eigenvalue weighted by Crippen LogP contribution is -2.45. The fourth-order valence-electron chi connectivity index (χ4n) is 2.64. The minimum Gasteiger partial charge on any atom is -0.356 e. The van der Waals surface area contributed by atoms with Crippen LogP contribution in [-0.4, -0.2) is 31.8 Å². The Balaban J connectivity index is 2.28. The standard InChI is InChI=1S/C14H26F3N3/c1-10(2)11-4-6-12(7-5-11)20-13(18-3)19-9-8-14(15,16)17/h10-12H,4-9H2,1-3H3,(H2,18,19,20). The van der Waals surface area contributed by atoms with Crippen LogP contribution in [0.2, 0.25) is 0 Å². The van der Waals surface area contributed by atoms with Crippen molar-refractivity contribution in [1.82, 2.24) is 10.6 Å². The molecule has 1 aliphatic carbocycles. The molecule has 0 aliphatic heterocycles. The number of hydrogen-bond donors (Lipinski definition) is 2. The van der Waals surface area contributed by atoms with Crippen molar-refractivity contribution in [3.05, 3.63) is 0 Å². The summed E-state index contributed by atoms with van der Waals surface area (Å²) in [5, 5.41) is 5.95. The third-order valence-electron chi connectivity index (χ3n) is 3.98. The van der Waals surface area contributed by atoms with Crippen molar-refractivity contribution in [1.29, 1.82) is 0 Å². The van der Waals surface area contributed by atoms with Gasteiger partial charge in [-0.05, 0) is 37.5 Å². The molecule has 0 atom stereocenters. The molecule has 2 N–H and O–H groups in total. The Hall–Kier alpha value is -0.940. The van der Waals surface area contributed by atoms with E-state index in [4.69, 9.17) is 0 Å². The number of nitrogens with zero attached hydrogens (tertiary/aromatic N) is 1. The summed E-state index contributed by atoms with van der Waals surface area (Å²) in [5.41, 5.74) is 0. The van der Waals surface area contributed by atoms with Crippen LogP contribution < -0.4 is 10.6 Å². The van der Waals surface area contributed by atoms with Crippen molar-refractivity contribution in [3.63, 3.8) is 0 Å². The average Bonchev–Trinajstić information content (AvgIpc) is 2.36. The van der Waals surface area contributed by atoms with Crippen LogP contribution in [0.5, 0.6) is 0 Å². The zero-order valence-corrected chi connectivity index (χ0v) is 12.6. The second-order valence-corrected chi connectivity index (χ2v) is 5.86. The van der Waals surface area contributed by atoms with Crippen LogP contribution in [0.25, 0.3) is 0 Å². The molecule has 0 heterocycles. The van der Waals surface area contributed by atoms with E-state index in [9.17, 15) is 13.2 Å². The largest absolute Gasteiger partial charge is 0.390 e. The van der Waals surface area contributed by atoms with Gasteiger partial charge in [-0.25, -0.2) is 0 Å². The minimum absolute atomic E-state index is 0.134. The highest BCUT2D eigenvalue weighted by molar-refractivity contribution is 5.79. The molecule has 0 amide bonds. The first-order valence-corrected chi connectivity index (χ1v) is 7.35. The number of guanidine groups is 1. The van der Waals surface area contributed by atoms with E-state index in [0.717, 1.165) is 18.8 Å². The highest BCUT2D eigenvalue weighted by Crippen LogP contribution is 2.29. The predicted octanol–water partition coefficient (Wildman–Crippen LogP) is 3.32. The monoisotopic (exact) mass is 293 g/mol. The third kappa shape index (κ3) is 6.48. The van der Waals surface area contributed by atoms with Crippen molar-refractivity contribution in [2.45, 2.75) is 58.2 Å². The lowest BCUT2D eigenvalue weighted by molar-refractivity contribution is -0.132. The highest BCUT2D eigenvalue weighted by atomic mass is 19.4. The Morgan fingerprint density at radius 1 is 1.20 bits per heavy atom. The summed E-state index contributed by atoms with van der Waals surface area (Å²) in [5.74, 6) is 1.95. The molecule has 0 bridgehead atoms. The van der Waals surface area contributed by atoms with Crippen LogP contribution >= 0.6 is 0 Å². The second-order valence-electron chi connectivity index (χ2n) is 5.86. The first-order valence-electron chi connectivity index (χ1n) is 7.35. The molecule has 6 heteroatoms. The summed E-state index contributed by atoms with van der Waals surface area (Å²) in [7, 11) is 1.59. The van der Waals surface area contributed by atoms with Crippen molar-refractivity contribution in [3.8, 4) is 0 Å². The third-order valence-corrected chi connectivity index (χ3v) is 3.98. The summed E-state index contributed by atoms with van der Waals surface area (Å²) < 4.78 is 36.3. The highest BCUT2D eigenvalue weighted by Gasteiger charge is 2.27. The van der Waals surface area contributed by atoms with Gasteiger partial charge in [0.25, 0.3) is 0 Å². The van der Waals surface area contributed by atoms with Gasteiger partial charge in [-0.3, -0.25) is 4.99 Å². The van der Waals surface area contributed by atoms with Crippen LogP contribution in [0.3, 0.4) is 0 Å². The molecule has 0 aromatic heterocycles. The molecule has 118 valence electrons. The van der Waals surface area contributed by atoms with Gasteiger partial charge in [0.05, 0.1) is 6.42 Å². The van der Waals surface area contributed by atoms with Gasteiger partial charge in [-0.15, -0.1) is 0 Å². The van der Waals surface area contributed by atoms with Crippen LogP contribution in [-0.2, 0) is 0 Å². The van der Waals surface area contributed by atoms with E-state index < -0.39 is 12.6 Å². The van der Waals surface area contributed by atoms with Gasteiger partial charge in [0.15, 0.2) is 5.96 Å². The lowest BCUT2D eigenvalue weighted by Gasteiger charge is -2.32. The minimum atomic E-state index is -4.12. The van der Waals surface area contributed by atoms with Gasteiger partial charge < -0.3 is 10.6 Å². The summed E-state index contributed by atoms with van der Waals surface area (Å²) in [6.45, 7) is 4.36. The van der Waals surface area contributed by atoms with Crippen LogP contribution in [0, 0.1) is 11.8 Å². The second kappa shape index (κ2) is 7.74. The van der Waals surface area contributed by atoms with E-state index in [1.807, 2.05) is 0 Å². The topological polar surface area (TPSA) is 36.4 Å². The number of rotatable bonds is 4. The molecule has 0 radical (unpaired) electrons. The lowest BCUT2D eigenvalue weighted by atomic mass is 9.80. The van der Waals surface area contributed by atoms with E-state index >= 15 is 0 Å². The average molecular weight is 293 g/mol. The van der Waals surface area contributed by atoms with Crippen molar-refractivity contribution in [2.24, 2.45) is 16.8 Å². The molecule has 0 aromatic carbocycles. The molecule has 0 spiro atoms. The van der Waals surface area contributed by atoms with Crippen molar-refractivity contribution in [2.75, 3.05) is 13.6 Å². The van der Waals surface area contributed by atoms with Crippen LogP contribution in [0.15, 0.2) is 4.99 Å². The predicted molar refractivity (Wildman–Crippen MR) is 75.8 cm³/mol. The summed E-state index contributed by atoms with van der Waals surface area (Å²) in [6.07, 6.45) is -0.496. The Kier molecular flexibility index (Phi) is 6.62. The van der Waals surface area contributed by atoms with Gasteiger partial charge in [0, 0.05) is 19.6 Å². The zero-order chi connectivity index (χ0) is 15.2. The molecule has 0 saturated heterocycles. The first kappa shape index (κ1) is 17.1. The summed E-state index contributed by atoms with van der Waals surface area (Å²) in [6, 6.07) is 0.321. The van der Waals surface area contributed by atoms with E-state index in [0.29, 0.717) is 17.9 Å².